The number of nitrogens with zero attached hydrogens (tertiary/aromatic N) is 6. The summed E-state index contributed by atoms with van der Waals surface area (Å²) in [4.78, 5) is 12.8. The highest BCUT2D eigenvalue weighted by Gasteiger charge is 2.33. The number of aryl methyl sites for hydroxylation is 3. The molecule has 180 valence electrons. The first-order valence-electron chi connectivity index (χ1n) is 11.8. The summed E-state index contributed by atoms with van der Waals surface area (Å²) in [5, 5.41) is 20.6. The third kappa shape index (κ3) is 3.78. The molecule has 6 rings (SSSR count). The summed E-state index contributed by atoms with van der Waals surface area (Å²) < 4.78 is 9.36. The summed E-state index contributed by atoms with van der Waals surface area (Å²) in [6.45, 7) is 6.39. The molecule has 2 aromatic carbocycles. The van der Waals surface area contributed by atoms with E-state index < -0.39 is 0 Å². The lowest BCUT2D eigenvalue weighted by atomic mass is 9.86. The molecule has 1 aliphatic heterocycles. The molecule has 0 aliphatic carbocycles. The molecule has 0 saturated heterocycles. The van der Waals surface area contributed by atoms with Gasteiger partial charge in [-0.1, -0.05) is 36.4 Å². The molecule has 4 heterocycles. The lowest BCUT2D eigenvalue weighted by Gasteiger charge is -2.24. The zero-order valence-electron chi connectivity index (χ0n) is 20.3. The lowest BCUT2D eigenvalue weighted by Crippen LogP contribution is -2.25. The molecule has 3 aromatic heterocycles. The van der Waals surface area contributed by atoms with Crippen molar-refractivity contribution in [1.82, 2.24) is 29.6 Å². The van der Waals surface area contributed by atoms with E-state index in [9.17, 15) is 4.79 Å². The molecule has 1 N–H and O–H groups in total. The van der Waals surface area contributed by atoms with Crippen molar-refractivity contribution in [1.29, 1.82) is 0 Å². The first kappa shape index (κ1) is 22.0. The maximum atomic E-state index is 12.8. The number of benzene rings is 2. The number of amides is 1. The number of ether oxygens (including phenoxy) is 1. The number of aromatic nitrogens is 6. The summed E-state index contributed by atoms with van der Waals surface area (Å²) in [6, 6.07) is 19.8. The van der Waals surface area contributed by atoms with Gasteiger partial charge < -0.3 is 10.1 Å². The molecule has 1 unspecified atom stereocenters. The summed E-state index contributed by atoms with van der Waals surface area (Å²) in [5.74, 6) is 2.51. The van der Waals surface area contributed by atoms with Crippen LogP contribution in [0.5, 0.6) is 5.75 Å². The third-order valence-electron chi connectivity index (χ3n) is 6.66. The van der Waals surface area contributed by atoms with Crippen molar-refractivity contribution < 1.29 is 9.53 Å². The summed E-state index contributed by atoms with van der Waals surface area (Å²) in [5.41, 5.74) is 5.89. The number of hydrogen-bond acceptors (Lipinski definition) is 6. The number of hydrogen-bond donors (Lipinski definition) is 1. The standard InChI is InChI=1S/C27H25N7O2/c1-16-6-4-5-7-20(16)15-36-21-10-8-19(9-11-21)22-14-25(35)28-27-26(22)17(2)31-34(27)24-13-12-23-30-29-18(3)33(23)32-24/h4-13,22H,14-15H2,1-3H3,(H,28,35). The highest BCUT2D eigenvalue weighted by atomic mass is 16.5. The maximum Gasteiger partial charge on any atom is 0.226 e. The Labute approximate surface area is 207 Å². The quantitative estimate of drug-likeness (QED) is 0.404. The second-order valence-corrected chi connectivity index (χ2v) is 9.06. The van der Waals surface area contributed by atoms with E-state index in [-0.39, 0.29) is 11.8 Å². The van der Waals surface area contributed by atoms with Crippen molar-refractivity contribution >= 4 is 17.4 Å². The Bertz CT molecular complexity index is 1600. The number of fused-ring (bicyclic) bond motifs is 2. The van der Waals surface area contributed by atoms with Crippen LogP contribution >= 0.6 is 0 Å². The van der Waals surface area contributed by atoms with Gasteiger partial charge in [0.2, 0.25) is 5.91 Å². The number of anilines is 1. The van der Waals surface area contributed by atoms with Crippen LogP contribution in [0.25, 0.3) is 11.5 Å². The third-order valence-corrected chi connectivity index (χ3v) is 6.66. The molecular formula is C27H25N7O2. The van der Waals surface area contributed by atoms with Gasteiger partial charge in [0.1, 0.15) is 18.2 Å². The minimum atomic E-state index is -0.117. The molecule has 1 atom stereocenters. The molecule has 1 amide bonds. The molecule has 5 aromatic rings. The van der Waals surface area contributed by atoms with Crippen LogP contribution in [0.15, 0.2) is 60.7 Å². The topological polar surface area (TPSA) is 99.2 Å². The number of carbonyl (C=O) groups is 1. The Kier molecular flexibility index (Phi) is 5.25. The number of nitrogens with one attached hydrogen (secondary N) is 1. The highest BCUT2D eigenvalue weighted by molar-refractivity contribution is 5.95. The normalized spacial score (nSPS) is 15.1. The van der Waals surface area contributed by atoms with Crippen molar-refractivity contribution in [2.45, 2.75) is 39.7 Å². The van der Waals surface area contributed by atoms with E-state index in [0.29, 0.717) is 36.1 Å². The summed E-state index contributed by atoms with van der Waals surface area (Å²) >= 11 is 0. The van der Waals surface area contributed by atoms with E-state index in [1.807, 2.05) is 62.4 Å². The SMILES string of the molecule is Cc1ccccc1COc1ccc(C2CC(=O)Nc3c2c(C)nn3-c2ccc3nnc(C)n3n2)cc1. The van der Waals surface area contributed by atoms with Crippen molar-refractivity contribution in [2.75, 3.05) is 5.32 Å². The van der Waals surface area contributed by atoms with Gasteiger partial charge in [-0.05, 0) is 61.7 Å². The fraction of sp³-hybridized carbons (Fsp3) is 0.222. The predicted octanol–water partition coefficient (Wildman–Crippen LogP) is 4.29. The molecular weight excluding hydrogens is 454 g/mol. The number of carbonyl (C=O) groups excluding carboxylic acids is 1. The van der Waals surface area contributed by atoms with Gasteiger partial charge >= 0.3 is 0 Å². The largest absolute Gasteiger partial charge is 0.489 e. The van der Waals surface area contributed by atoms with E-state index in [1.54, 1.807) is 9.20 Å². The van der Waals surface area contributed by atoms with E-state index in [0.717, 1.165) is 28.1 Å². The summed E-state index contributed by atoms with van der Waals surface area (Å²) in [6.07, 6.45) is 0.347. The molecule has 0 radical (unpaired) electrons. The van der Waals surface area contributed by atoms with Gasteiger partial charge in [-0.25, -0.2) is 0 Å². The Balaban J connectivity index is 1.31. The molecule has 0 bridgehead atoms. The predicted molar refractivity (Wildman–Crippen MR) is 134 cm³/mol. The zero-order valence-corrected chi connectivity index (χ0v) is 20.3. The Morgan fingerprint density at radius 1 is 0.972 bits per heavy atom. The lowest BCUT2D eigenvalue weighted by molar-refractivity contribution is -0.116. The first-order chi connectivity index (χ1) is 17.5. The van der Waals surface area contributed by atoms with Gasteiger partial charge in [-0.3, -0.25) is 4.79 Å². The van der Waals surface area contributed by atoms with Gasteiger partial charge in [0.15, 0.2) is 17.3 Å². The van der Waals surface area contributed by atoms with Crippen molar-refractivity contribution in [3.05, 3.63) is 94.4 Å². The number of rotatable bonds is 5. The van der Waals surface area contributed by atoms with Crippen molar-refractivity contribution in [3.8, 4) is 11.6 Å². The van der Waals surface area contributed by atoms with E-state index in [4.69, 9.17) is 9.84 Å². The van der Waals surface area contributed by atoms with E-state index >= 15 is 0 Å². The van der Waals surface area contributed by atoms with Crippen LogP contribution in [-0.2, 0) is 11.4 Å². The molecule has 9 nitrogen and oxygen atoms in total. The van der Waals surface area contributed by atoms with Crippen LogP contribution < -0.4 is 10.1 Å². The molecule has 1 aliphatic rings. The van der Waals surface area contributed by atoms with Gasteiger partial charge in [-0.15, -0.1) is 15.3 Å². The van der Waals surface area contributed by atoms with Crippen LogP contribution in [-0.4, -0.2) is 35.5 Å². The molecule has 0 saturated carbocycles. The maximum absolute atomic E-state index is 12.8. The van der Waals surface area contributed by atoms with Crippen LogP contribution in [0.2, 0.25) is 0 Å². The van der Waals surface area contributed by atoms with Gasteiger partial charge in [0, 0.05) is 17.9 Å². The van der Waals surface area contributed by atoms with E-state index in [1.165, 1.54) is 5.56 Å². The van der Waals surface area contributed by atoms with Crippen LogP contribution in [0, 0.1) is 20.8 Å². The van der Waals surface area contributed by atoms with Gasteiger partial charge in [0.25, 0.3) is 0 Å². The first-order valence-corrected chi connectivity index (χ1v) is 11.8. The van der Waals surface area contributed by atoms with Gasteiger partial charge in [-0.2, -0.15) is 14.3 Å². The molecule has 0 fully saturated rings. The van der Waals surface area contributed by atoms with Gasteiger partial charge in [0.05, 0.1) is 5.69 Å². The minimum Gasteiger partial charge on any atom is -0.489 e. The second-order valence-electron chi connectivity index (χ2n) is 9.06. The van der Waals surface area contributed by atoms with Crippen LogP contribution in [0.3, 0.4) is 0 Å². The zero-order chi connectivity index (χ0) is 24.8. The van der Waals surface area contributed by atoms with Crippen molar-refractivity contribution in [2.24, 2.45) is 0 Å². The molecule has 0 spiro atoms. The van der Waals surface area contributed by atoms with Crippen LogP contribution in [0.1, 0.15) is 46.1 Å². The molecule has 9 heteroatoms. The monoisotopic (exact) mass is 479 g/mol. The fourth-order valence-corrected chi connectivity index (χ4v) is 4.73. The van der Waals surface area contributed by atoms with E-state index in [2.05, 4.69) is 39.7 Å². The second kappa shape index (κ2) is 8.60. The minimum absolute atomic E-state index is 0.0601. The smallest absolute Gasteiger partial charge is 0.226 e. The average Bonchev–Trinajstić information content (AvgIpc) is 3.42. The Morgan fingerprint density at radius 2 is 1.78 bits per heavy atom. The fourth-order valence-electron chi connectivity index (χ4n) is 4.73. The summed E-state index contributed by atoms with van der Waals surface area (Å²) in [7, 11) is 0. The highest BCUT2D eigenvalue weighted by Crippen LogP contribution is 2.40. The molecule has 36 heavy (non-hydrogen) atoms. The average molecular weight is 480 g/mol. The Hall–Kier alpha value is -4.53. The van der Waals surface area contributed by atoms with Crippen LogP contribution in [0.4, 0.5) is 5.82 Å². The Morgan fingerprint density at radius 3 is 2.58 bits per heavy atom. The van der Waals surface area contributed by atoms with Crippen molar-refractivity contribution in [3.63, 3.8) is 0 Å².